The van der Waals surface area contributed by atoms with Gasteiger partial charge in [-0.15, -0.1) is 6.58 Å². The van der Waals surface area contributed by atoms with Crippen molar-refractivity contribution < 1.29 is 19.1 Å². The van der Waals surface area contributed by atoms with E-state index in [1.807, 2.05) is 0 Å². The van der Waals surface area contributed by atoms with Crippen LogP contribution in [0.3, 0.4) is 0 Å². The Kier molecular flexibility index (Phi) is 5.19. The molecule has 160 valence electrons. The van der Waals surface area contributed by atoms with Crippen LogP contribution in [0.4, 0.5) is 0 Å². The predicted molar refractivity (Wildman–Crippen MR) is 112 cm³/mol. The zero-order valence-electron chi connectivity index (χ0n) is 18.4. The van der Waals surface area contributed by atoms with E-state index in [4.69, 9.17) is 9.47 Å². The van der Waals surface area contributed by atoms with E-state index in [2.05, 4.69) is 38.7 Å². The number of carbonyl (C=O) groups is 2. The van der Waals surface area contributed by atoms with Crippen LogP contribution >= 0.6 is 0 Å². The molecule has 0 aliphatic heterocycles. The van der Waals surface area contributed by atoms with Crippen molar-refractivity contribution in [2.24, 2.45) is 40.4 Å². The van der Waals surface area contributed by atoms with Gasteiger partial charge in [0.25, 0.3) is 0 Å². The van der Waals surface area contributed by atoms with Crippen molar-refractivity contribution in [3.05, 3.63) is 24.8 Å². The normalized spacial score (nSPS) is 48.1. The van der Waals surface area contributed by atoms with Gasteiger partial charge in [0.1, 0.15) is 12.2 Å². The molecule has 0 aromatic carbocycles. The fourth-order valence-electron chi connectivity index (χ4n) is 7.86. The lowest BCUT2D eigenvalue weighted by molar-refractivity contribution is -0.176. The van der Waals surface area contributed by atoms with Gasteiger partial charge in [-0.05, 0) is 79.1 Å². The maximum absolute atomic E-state index is 12.0. The lowest BCUT2D eigenvalue weighted by Crippen LogP contribution is -2.57. The molecule has 3 saturated carbocycles. The standard InChI is InChI=1S/C25H36O4/c1-6-17-7-8-20-19-14-23(29-16(3)27)22-13-18(28-15(2)26)9-11-25(22,5)21(19)10-12-24(17,20)4/h6,9,11,17-23H,1,7-8,10,12-14H2,2-5H3. The molecule has 0 N–H and O–H groups in total. The highest BCUT2D eigenvalue weighted by Crippen LogP contribution is 2.67. The molecule has 0 radical (unpaired) electrons. The molecule has 4 nitrogen and oxygen atoms in total. The number of rotatable bonds is 3. The molecule has 9 unspecified atom stereocenters. The smallest absolute Gasteiger partial charge is 0.303 e. The Labute approximate surface area is 175 Å². The fourth-order valence-corrected chi connectivity index (χ4v) is 7.86. The van der Waals surface area contributed by atoms with Crippen molar-refractivity contribution in [2.75, 3.05) is 0 Å². The molecule has 0 aromatic rings. The molecule has 0 spiro atoms. The summed E-state index contributed by atoms with van der Waals surface area (Å²) in [7, 11) is 0. The Morgan fingerprint density at radius 3 is 2.38 bits per heavy atom. The van der Waals surface area contributed by atoms with Crippen molar-refractivity contribution in [1.82, 2.24) is 0 Å². The summed E-state index contributed by atoms with van der Waals surface area (Å²) in [6.45, 7) is 11.9. The van der Waals surface area contributed by atoms with Gasteiger partial charge in [-0.25, -0.2) is 0 Å². The number of fused-ring (bicyclic) bond motifs is 5. The summed E-state index contributed by atoms with van der Waals surface area (Å²) in [5.41, 5.74) is 0.304. The van der Waals surface area contributed by atoms with Gasteiger partial charge in [0.15, 0.2) is 0 Å². The van der Waals surface area contributed by atoms with Gasteiger partial charge in [-0.3, -0.25) is 9.59 Å². The van der Waals surface area contributed by atoms with Gasteiger partial charge in [0.2, 0.25) is 0 Å². The van der Waals surface area contributed by atoms with E-state index in [0.29, 0.717) is 29.1 Å². The number of allylic oxidation sites excluding steroid dienone is 2. The van der Waals surface area contributed by atoms with Crippen molar-refractivity contribution in [1.29, 1.82) is 0 Å². The molecule has 4 aliphatic rings. The fraction of sp³-hybridized carbons (Fsp3) is 0.760. The third-order valence-corrected chi connectivity index (χ3v) is 9.14. The lowest BCUT2D eigenvalue weighted by atomic mass is 9.45. The zero-order valence-corrected chi connectivity index (χ0v) is 18.4. The van der Waals surface area contributed by atoms with E-state index in [0.717, 1.165) is 12.8 Å². The molecule has 9 atom stereocenters. The summed E-state index contributed by atoms with van der Waals surface area (Å²) in [5, 5.41) is 0. The first-order chi connectivity index (χ1) is 13.7. The summed E-state index contributed by atoms with van der Waals surface area (Å²) in [4.78, 5) is 23.5. The van der Waals surface area contributed by atoms with Crippen LogP contribution in [0.25, 0.3) is 0 Å². The summed E-state index contributed by atoms with van der Waals surface area (Å²) in [6.07, 6.45) is 12.9. The first kappa shape index (κ1) is 20.7. The lowest BCUT2D eigenvalue weighted by Gasteiger charge is -2.61. The minimum atomic E-state index is -0.254. The molecule has 4 heteroatoms. The third kappa shape index (κ3) is 3.27. The van der Waals surface area contributed by atoms with Crippen molar-refractivity contribution in [3.63, 3.8) is 0 Å². The molecule has 3 fully saturated rings. The zero-order chi connectivity index (χ0) is 21.0. The summed E-state index contributed by atoms with van der Waals surface area (Å²) in [6, 6.07) is 0. The molecule has 29 heavy (non-hydrogen) atoms. The number of ether oxygens (including phenoxy) is 2. The quantitative estimate of drug-likeness (QED) is 0.490. The van der Waals surface area contributed by atoms with E-state index < -0.39 is 0 Å². The molecule has 0 bridgehead atoms. The number of hydrogen-bond donors (Lipinski definition) is 0. The molecule has 0 amide bonds. The Hall–Kier alpha value is -1.58. The molecule has 0 heterocycles. The molecule has 0 aromatic heterocycles. The number of carbonyl (C=O) groups excluding carboxylic acids is 2. The molecule has 0 saturated heterocycles. The first-order valence-electron chi connectivity index (χ1n) is 11.4. The van der Waals surface area contributed by atoms with E-state index in [1.54, 1.807) is 0 Å². The minimum absolute atomic E-state index is 0.0206. The van der Waals surface area contributed by atoms with Gasteiger partial charge in [0, 0.05) is 19.8 Å². The van der Waals surface area contributed by atoms with Gasteiger partial charge in [-0.2, -0.15) is 0 Å². The van der Waals surface area contributed by atoms with Crippen LogP contribution in [0.2, 0.25) is 0 Å². The van der Waals surface area contributed by atoms with Crippen LogP contribution in [-0.4, -0.2) is 24.1 Å². The van der Waals surface area contributed by atoms with Crippen molar-refractivity contribution >= 4 is 11.9 Å². The topological polar surface area (TPSA) is 52.6 Å². The first-order valence-corrected chi connectivity index (χ1v) is 11.4. The molecular weight excluding hydrogens is 364 g/mol. The minimum Gasteiger partial charge on any atom is -0.462 e. The summed E-state index contributed by atoms with van der Waals surface area (Å²) < 4.78 is 11.4. The highest BCUT2D eigenvalue weighted by molar-refractivity contribution is 5.66. The van der Waals surface area contributed by atoms with Gasteiger partial charge >= 0.3 is 11.9 Å². The molecule has 4 rings (SSSR count). The Morgan fingerprint density at radius 1 is 1.00 bits per heavy atom. The van der Waals surface area contributed by atoms with E-state index in [-0.39, 0.29) is 35.5 Å². The highest BCUT2D eigenvalue weighted by Gasteiger charge is 2.61. The second-order valence-corrected chi connectivity index (χ2v) is 10.4. The van der Waals surface area contributed by atoms with Gasteiger partial charge in [0.05, 0.1) is 0 Å². The van der Waals surface area contributed by atoms with Gasteiger partial charge in [-0.1, -0.05) is 26.0 Å². The van der Waals surface area contributed by atoms with Crippen molar-refractivity contribution in [2.45, 2.75) is 78.4 Å². The van der Waals surface area contributed by atoms with E-state index in [1.165, 1.54) is 39.5 Å². The monoisotopic (exact) mass is 400 g/mol. The Bertz CT molecular complexity index is 726. The average molecular weight is 401 g/mol. The van der Waals surface area contributed by atoms with Crippen LogP contribution < -0.4 is 0 Å². The summed E-state index contributed by atoms with van der Waals surface area (Å²) in [5.74, 6) is 2.16. The van der Waals surface area contributed by atoms with Crippen molar-refractivity contribution in [3.8, 4) is 0 Å². The Balaban J connectivity index is 1.68. The predicted octanol–water partition coefficient (Wildman–Crippen LogP) is 5.08. The number of esters is 2. The Morgan fingerprint density at radius 2 is 1.72 bits per heavy atom. The largest absolute Gasteiger partial charge is 0.462 e. The van der Waals surface area contributed by atoms with Crippen LogP contribution in [0.15, 0.2) is 24.8 Å². The van der Waals surface area contributed by atoms with E-state index in [9.17, 15) is 9.59 Å². The second kappa shape index (κ2) is 7.28. The van der Waals surface area contributed by atoms with Crippen LogP contribution in [0.1, 0.15) is 66.2 Å². The van der Waals surface area contributed by atoms with Gasteiger partial charge < -0.3 is 9.47 Å². The number of hydrogen-bond acceptors (Lipinski definition) is 4. The molecule has 4 aliphatic carbocycles. The third-order valence-electron chi connectivity index (χ3n) is 9.14. The van der Waals surface area contributed by atoms with Crippen LogP contribution in [-0.2, 0) is 19.1 Å². The SMILES string of the molecule is C=CC1CCC2C3CC(OC(C)=O)C4CC(OC(C)=O)C=CC4(C)C3CCC12C. The molecular formula is C25H36O4. The highest BCUT2D eigenvalue weighted by atomic mass is 16.5. The second-order valence-electron chi connectivity index (χ2n) is 10.4. The van der Waals surface area contributed by atoms with Crippen LogP contribution in [0, 0.1) is 40.4 Å². The van der Waals surface area contributed by atoms with Crippen LogP contribution in [0.5, 0.6) is 0 Å². The maximum Gasteiger partial charge on any atom is 0.303 e. The summed E-state index contributed by atoms with van der Waals surface area (Å²) >= 11 is 0. The maximum atomic E-state index is 12.0. The average Bonchev–Trinajstić information content (AvgIpc) is 2.98. The van der Waals surface area contributed by atoms with E-state index >= 15 is 0 Å².